The fraction of sp³-hybridized carbons (Fsp3) is 0.682. The van der Waals surface area contributed by atoms with Crippen LogP contribution in [0.15, 0.2) is 18.3 Å². The molecule has 29 heavy (non-hydrogen) atoms. The van der Waals surface area contributed by atoms with E-state index >= 15 is 0 Å². The van der Waals surface area contributed by atoms with Crippen LogP contribution in [-0.2, 0) is 9.53 Å². The van der Waals surface area contributed by atoms with Crippen LogP contribution >= 0.6 is 0 Å². The number of anilines is 1. The maximum Gasteiger partial charge on any atom is 0.225 e. The first-order valence-electron chi connectivity index (χ1n) is 10.6. The molecule has 0 N–H and O–H groups in total. The third kappa shape index (κ3) is 4.03. The van der Waals surface area contributed by atoms with Gasteiger partial charge in [-0.05, 0) is 46.0 Å². The standard InChI is InChI=1S/C22H32N4O3/c1-16(27)18-4-5-20(23-10-18)25-11-19-12-26(15-22(19,14-25)13-24(2)3)21(28)17-6-8-29-9-7-17/h4-5,10,17,19H,6-9,11-15H2,1-3H3. The van der Waals surface area contributed by atoms with Crippen molar-refractivity contribution in [1.29, 1.82) is 0 Å². The number of Topliss-reactive ketones (excluding diaryl/α,β-unsaturated/α-hetero) is 1. The van der Waals surface area contributed by atoms with Crippen LogP contribution in [0.4, 0.5) is 5.82 Å². The van der Waals surface area contributed by atoms with E-state index in [9.17, 15) is 9.59 Å². The van der Waals surface area contributed by atoms with Crippen molar-refractivity contribution in [3.8, 4) is 0 Å². The zero-order chi connectivity index (χ0) is 20.6. The molecule has 0 radical (unpaired) electrons. The van der Waals surface area contributed by atoms with Crippen molar-refractivity contribution in [2.45, 2.75) is 19.8 Å². The number of pyridine rings is 1. The van der Waals surface area contributed by atoms with Gasteiger partial charge in [-0.1, -0.05) is 0 Å². The molecule has 0 aliphatic carbocycles. The molecule has 158 valence electrons. The van der Waals surface area contributed by atoms with Gasteiger partial charge in [0, 0.05) is 74.9 Å². The molecule has 0 saturated carbocycles. The maximum absolute atomic E-state index is 13.1. The molecule has 3 saturated heterocycles. The van der Waals surface area contributed by atoms with Crippen LogP contribution < -0.4 is 4.90 Å². The number of ketones is 1. The second-order valence-corrected chi connectivity index (χ2v) is 9.24. The molecule has 3 aliphatic heterocycles. The zero-order valence-corrected chi connectivity index (χ0v) is 17.8. The number of ether oxygens (including phenoxy) is 1. The Morgan fingerprint density at radius 1 is 1.21 bits per heavy atom. The quantitative estimate of drug-likeness (QED) is 0.699. The minimum Gasteiger partial charge on any atom is -0.381 e. The molecule has 4 heterocycles. The lowest BCUT2D eigenvalue weighted by Crippen LogP contribution is -2.44. The second kappa shape index (κ2) is 8.03. The summed E-state index contributed by atoms with van der Waals surface area (Å²) in [5, 5.41) is 0. The highest BCUT2D eigenvalue weighted by atomic mass is 16.5. The molecule has 4 rings (SSSR count). The lowest BCUT2D eigenvalue weighted by molar-refractivity contribution is -0.138. The highest BCUT2D eigenvalue weighted by Gasteiger charge is 2.54. The summed E-state index contributed by atoms with van der Waals surface area (Å²) in [6.45, 7) is 7.35. The van der Waals surface area contributed by atoms with Gasteiger partial charge < -0.3 is 19.4 Å². The molecule has 2 atom stereocenters. The van der Waals surface area contributed by atoms with E-state index in [4.69, 9.17) is 4.74 Å². The number of amides is 1. The number of aromatic nitrogens is 1. The maximum atomic E-state index is 13.1. The van der Waals surface area contributed by atoms with Crippen molar-refractivity contribution in [3.05, 3.63) is 23.9 Å². The van der Waals surface area contributed by atoms with Crippen LogP contribution in [-0.4, -0.2) is 86.5 Å². The number of hydrogen-bond acceptors (Lipinski definition) is 6. The molecule has 0 aromatic carbocycles. The molecule has 0 bridgehead atoms. The lowest BCUT2D eigenvalue weighted by atomic mass is 9.80. The van der Waals surface area contributed by atoms with E-state index in [-0.39, 0.29) is 17.1 Å². The molecule has 0 spiro atoms. The molecular formula is C22H32N4O3. The van der Waals surface area contributed by atoms with Gasteiger partial charge in [0.05, 0.1) is 0 Å². The van der Waals surface area contributed by atoms with Crippen LogP contribution in [0.2, 0.25) is 0 Å². The van der Waals surface area contributed by atoms with E-state index in [0.717, 1.165) is 51.4 Å². The largest absolute Gasteiger partial charge is 0.381 e. The monoisotopic (exact) mass is 400 g/mol. The van der Waals surface area contributed by atoms with E-state index in [1.54, 1.807) is 13.1 Å². The summed E-state index contributed by atoms with van der Waals surface area (Å²) in [7, 11) is 4.22. The number of fused-ring (bicyclic) bond motifs is 1. The Labute approximate surface area is 173 Å². The normalized spacial score (nSPS) is 27.5. The van der Waals surface area contributed by atoms with Crippen LogP contribution in [0.1, 0.15) is 30.1 Å². The zero-order valence-electron chi connectivity index (χ0n) is 17.8. The van der Waals surface area contributed by atoms with E-state index in [2.05, 4.69) is 33.8 Å². The fourth-order valence-corrected chi connectivity index (χ4v) is 5.36. The van der Waals surface area contributed by atoms with Crippen molar-refractivity contribution >= 4 is 17.5 Å². The van der Waals surface area contributed by atoms with E-state index in [1.165, 1.54) is 0 Å². The third-order valence-corrected chi connectivity index (χ3v) is 6.75. The molecule has 1 aromatic heterocycles. The fourth-order valence-electron chi connectivity index (χ4n) is 5.36. The molecule has 2 unspecified atom stereocenters. The Morgan fingerprint density at radius 2 is 1.97 bits per heavy atom. The van der Waals surface area contributed by atoms with Crippen LogP contribution in [0.3, 0.4) is 0 Å². The Balaban J connectivity index is 1.49. The number of carbonyl (C=O) groups excluding carboxylic acids is 2. The number of hydrogen-bond donors (Lipinski definition) is 0. The van der Waals surface area contributed by atoms with Gasteiger partial charge in [0.1, 0.15) is 5.82 Å². The molecule has 1 amide bonds. The minimum atomic E-state index is 0.0358. The molecular weight excluding hydrogens is 368 g/mol. The van der Waals surface area contributed by atoms with Crippen molar-refractivity contribution in [3.63, 3.8) is 0 Å². The lowest BCUT2D eigenvalue weighted by Gasteiger charge is -2.33. The summed E-state index contributed by atoms with van der Waals surface area (Å²) < 4.78 is 5.43. The van der Waals surface area contributed by atoms with Gasteiger partial charge in [-0.15, -0.1) is 0 Å². The van der Waals surface area contributed by atoms with E-state index in [0.29, 0.717) is 30.6 Å². The van der Waals surface area contributed by atoms with Crippen LogP contribution in [0, 0.1) is 17.3 Å². The first-order valence-corrected chi connectivity index (χ1v) is 10.6. The molecule has 1 aromatic rings. The average Bonchev–Trinajstić information content (AvgIpc) is 3.21. The highest BCUT2D eigenvalue weighted by molar-refractivity contribution is 5.93. The summed E-state index contributed by atoms with van der Waals surface area (Å²) in [5.74, 6) is 1.83. The molecule has 7 heteroatoms. The van der Waals surface area contributed by atoms with Gasteiger partial charge in [0.25, 0.3) is 0 Å². The summed E-state index contributed by atoms with van der Waals surface area (Å²) in [6, 6.07) is 3.81. The first kappa shape index (κ1) is 20.3. The van der Waals surface area contributed by atoms with Crippen LogP contribution in [0.5, 0.6) is 0 Å². The Hall–Kier alpha value is -1.99. The summed E-state index contributed by atoms with van der Waals surface area (Å²) in [5.41, 5.74) is 0.704. The van der Waals surface area contributed by atoms with Gasteiger partial charge >= 0.3 is 0 Å². The predicted molar refractivity (Wildman–Crippen MR) is 111 cm³/mol. The van der Waals surface area contributed by atoms with Crippen molar-refractivity contribution in [2.24, 2.45) is 17.3 Å². The predicted octanol–water partition coefficient (Wildman–Crippen LogP) is 1.54. The molecule has 7 nitrogen and oxygen atoms in total. The molecule has 3 aliphatic rings. The van der Waals surface area contributed by atoms with E-state index in [1.807, 2.05) is 12.1 Å². The number of rotatable bonds is 5. The second-order valence-electron chi connectivity index (χ2n) is 9.24. The summed E-state index contributed by atoms with van der Waals surface area (Å²) in [6.07, 6.45) is 3.36. The van der Waals surface area contributed by atoms with Crippen LogP contribution in [0.25, 0.3) is 0 Å². The Morgan fingerprint density at radius 3 is 2.59 bits per heavy atom. The summed E-state index contributed by atoms with van der Waals surface area (Å²) >= 11 is 0. The average molecular weight is 401 g/mol. The smallest absolute Gasteiger partial charge is 0.225 e. The number of carbonyl (C=O) groups is 2. The van der Waals surface area contributed by atoms with Crippen molar-refractivity contribution in [1.82, 2.24) is 14.8 Å². The SMILES string of the molecule is CC(=O)c1ccc(N2CC3CN(C(=O)C4CCOCC4)CC3(CN(C)C)C2)nc1. The topological polar surface area (TPSA) is 66.0 Å². The Kier molecular flexibility index (Phi) is 5.62. The van der Waals surface area contributed by atoms with Crippen molar-refractivity contribution < 1.29 is 14.3 Å². The minimum absolute atomic E-state index is 0.0358. The van der Waals surface area contributed by atoms with Gasteiger partial charge in [-0.2, -0.15) is 0 Å². The van der Waals surface area contributed by atoms with E-state index < -0.39 is 0 Å². The number of nitrogens with zero attached hydrogens (tertiary/aromatic N) is 4. The Bertz CT molecular complexity index is 760. The van der Waals surface area contributed by atoms with Gasteiger partial charge in [-0.3, -0.25) is 9.59 Å². The van der Waals surface area contributed by atoms with Gasteiger partial charge in [0.15, 0.2) is 5.78 Å². The van der Waals surface area contributed by atoms with Gasteiger partial charge in [-0.25, -0.2) is 4.98 Å². The van der Waals surface area contributed by atoms with Gasteiger partial charge in [0.2, 0.25) is 5.91 Å². The van der Waals surface area contributed by atoms with Crippen molar-refractivity contribution in [2.75, 3.05) is 64.9 Å². The number of likely N-dealkylation sites (tertiary alicyclic amines) is 1. The molecule has 3 fully saturated rings. The highest BCUT2D eigenvalue weighted by Crippen LogP contribution is 2.44. The summed E-state index contributed by atoms with van der Waals surface area (Å²) in [4.78, 5) is 35.9. The first-order chi connectivity index (χ1) is 13.9. The third-order valence-electron chi connectivity index (χ3n) is 6.75.